The lowest BCUT2D eigenvalue weighted by Gasteiger charge is -2.26. The Morgan fingerprint density at radius 2 is 1.74 bits per heavy atom. The third kappa shape index (κ3) is 5.74. The highest BCUT2D eigenvalue weighted by Crippen LogP contribution is 2.31. The van der Waals surface area contributed by atoms with E-state index in [0.717, 1.165) is 30.9 Å². The van der Waals surface area contributed by atoms with Gasteiger partial charge in [-0.3, -0.25) is 19.6 Å². The first-order chi connectivity index (χ1) is 18.3. The molecule has 0 bridgehead atoms. The molecular formula is C29H33N5O3S. The van der Waals surface area contributed by atoms with E-state index in [9.17, 15) is 9.59 Å². The van der Waals surface area contributed by atoms with Crippen LogP contribution in [0.5, 0.6) is 5.75 Å². The maximum atomic E-state index is 13.1. The van der Waals surface area contributed by atoms with Gasteiger partial charge in [0.25, 0.3) is 11.8 Å². The van der Waals surface area contributed by atoms with E-state index < -0.39 is 5.54 Å². The molecule has 1 aliphatic rings. The first kappa shape index (κ1) is 25.9. The molecule has 0 aliphatic carbocycles. The monoisotopic (exact) mass is 531 g/mol. The second-order valence-electron chi connectivity index (χ2n) is 10.2. The van der Waals surface area contributed by atoms with Crippen LogP contribution in [0, 0.1) is 0 Å². The van der Waals surface area contributed by atoms with E-state index in [1.165, 1.54) is 36.2 Å². The average molecular weight is 532 g/mol. The van der Waals surface area contributed by atoms with Gasteiger partial charge in [0.15, 0.2) is 0 Å². The molecule has 0 radical (unpaired) electrons. The van der Waals surface area contributed by atoms with Crippen LogP contribution in [-0.4, -0.2) is 47.1 Å². The van der Waals surface area contributed by atoms with Crippen molar-refractivity contribution in [2.24, 2.45) is 0 Å². The fraction of sp³-hybridized carbons (Fsp3) is 0.345. The fourth-order valence-corrected chi connectivity index (χ4v) is 5.66. The van der Waals surface area contributed by atoms with Crippen molar-refractivity contribution < 1.29 is 14.3 Å². The van der Waals surface area contributed by atoms with Crippen LogP contribution in [-0.2, 0) is 12.1 Å². The molecule has 1 saturated heterocycles. The molecule has 3 heterocycles. The third-order valence-corrected chi connectivity index (χ3v) is 8.05. The van der Waals surface area contributed by atoms with E-state index in [1.807, 2.05) is 62.4 Å². The maximum Gasteiger partial charge on any atom is 0.262 e. The number of piperidine rings is 1. The Kier molecular flexibility index (Phi) is 7.49. The minimum atomic E-state index is -0.589. The van der Waals surface area contributed by atoms with Crippen LogP contribution in [0.25, 0.3) is 10.2 Å². The zero-order valence-electron chi connectivity index (χ0n) is 22.0. The normalized spacial score (nSPS) is 14.4. The summed E-state index contributed by atoms with van der Waals surface area (Å²) >= 11 is 1.28. The lowest BCUT2D eigenvalue weighted by molar-refractivity contribution is 0.0915. The molecule has 2 aromatic carbocycles. The second kappa shape index (κ2) is 11.0. The van der Waals surface area contributed by atoms with Crippen LogP contribution in [0.15, 0.2) is 54.6 Å². The van der Waals surface area contributed by atoms with E-state index in [4.69, 9.17) is 4.74 Å². The number of hydrogen-bond acceptors (Lipinski definition) is 6. The molecule has 4 aromatic rings. The predicted octanol–water partition coefficient (Wildman–Crippen LogP) is 5.54. The summed E-state index contributed by atoms with van der Waals surface area (Å²) in [6, 6.07) is 17.1. The highest BCUT2D eigenvalue weighted by atomic mass is 32.1. The number of hydrogen-bond donors (Lipinski definition) is 3. The summed E-state index contributed by atoms with van der Waals surface area (Å²) in [4.78, 5) is 29.7. The van der Waals surface area contributed by atoms with E-state index in [1.54, 1.807) is 13.2 Å². The Balaban J connectivity index is 1.24. The van der Waals surface area contributed by atoms with Gasteiger partial charge in [-0.25, -0.2) is 0 Å². The summed E-state index contributed by atoms with van der Waals surface area (Å²) in [7, 11) is 1.62. The van der Waals surface area contributed by atoms with Crippen molar-refractivity contribution in [1.82, 2.24) is 20.4 Å². The lowest BCUT2D eigenvalue weighted by Crippen LogP contribution is -2.40. The number of fused-ring (bicyclic) bond motifs is 1. The summed E-state index contributed by atoms with van der Waals surface area (Å²) in [6.07, 6.45) is 3.82. The van der Waals surface area contributed by atoms with Gasteiger partial charge in [0, 0.05) is 12.1 Å². The molecule has 198 valence electrons. The Bertz CT molecular complexity index is 1420. The number of amides is 2. The van der Waals surface area contributed by atoms with Crippen molar-refractivity contribution in [2.45, 2.75) is 45.2 Å². The van der Waals surface area contributed by atoms with Crippen LogP contribution in [0.3, 0.4) is 0 Å². The Labute approximate surface area is 226 Å². The number of benzene rings is 2. The van der Waals surface area contributed by atoms with Gasteiger partial charge in [-0.15, -0.1) is 11.3 Å². The lowest BCUT2D eigenvalue weighted by atomic mass is 9.94. The Hall–Kier alpha value is -3.69. The summed E-state index contributed by atoms with van der Waals surface area (Å²) < 4.78 is 5.23. The minimum absolute atomic E-state index is 0.199. The van der Waals surface area contributed by atoms with Crippen molar-refractivity contribution in [3.63, 3.8) is 0 Å². The predicted molar refractivity (Wildman–Crippen MR) is 151 cm³/mol. The molecule has 1 fully saturated rings. The van der Waals surface area contributed by atoms with Crippen molar-refractivity contribution in [1.29, 1.82) is 0 Å². The van der Waals surface area contributed by atoms with Crippen LogP contribution in [0.4, 0.5) is 5.82 Å². The zero-order chi connectivity index (χ0) is 26.7. The van der Waals surface area contributed by atoms with Crippen molar-refractivity contribution >= 4 is 39.2 Å². The standard InChI is InChI=1S/C29H33N5O3S/c1-29(2,21-11-13-22(37-3)14-12-21)31-27(36)24-17-23-25(32-33-28(23)38-24)30-26(35)20-9-7-19(8-10-20)18-34-15-5-4-6-16-34/h7-14,17H,4-6,15-16,18H2,1-3H3,(H,31,36)(H2,30,32,33,35). The smallest absolute Gasteiger partial charge is 0.262 e. The van der Waals surface area contributed by atoms with Gasteiger partial charge in [0.05, 0.1) is 22.9 Å². The number of carbonyl (C=O) groups is 2. The quantitative estimate of drug-likeness (QED) is 0.277. The van der Waals surface area contributed by atoms with Crippen LogP contribution >= 0.6 is 11.3 Å². The topological polar surface area (TPSA) is 99.4 Å². The molecule has 1 aliphatic heterocycles. The number of rotatable bonds is 8. The molecule has 0 saturated carbocycles. The second-order valence-corrected chi connectivity index (χ2v) is 11.3. The summed E-state index contributed by atoms with van der Waals surface area (Å²) in [6.45, 7) is 7.10. The number of nitrogens with zero attached hydrogens (tertiary/aromatic N) is 2. The number of likely N-dealkylation sites (tertiary alicyclic amines) is 1. The number of anilines is 1. The maximum absolute atomic E-state index is 13.1. The molecule has 0 atom stereocenters. The first-order valence-electron chi connectivity index (χ1n) is 12.9. The number of carbonyl (C=O) groups excluding carboxylic acids is 2. The van der Waals surface area contributed by atoms with E-state index >= 15 is 0 Å². The fourth-order valence-electron chi connectivity index (χ4n) is 4.77. The summed E-state index contributed by atoms with van der Waals surface area (Å²) in [5.74, 6) is 0.818. The molecule has 8 nitrogen and oxygen atoms in total. The van der Waals surface area contributed by atoms with Gasteiger partial charge in [0.2, 0.25) is 0 Å². The van der Waals surface area contributed by atoms with Crippen LogP contribution in [0.2, 0.25) is 0 Å². The Morgan fingerprint density at radius 1 is 1.03 bits per heavy atom. The SMILES string of the molecule is COc1ccc(C(C)(C)NC(=O)c2cc3c(NC(=O)c4ccc(CN5CCCCC5)cc4)[nH]nc3s2)cc1. The molecule has 9 heteroatoms. The number of nitrogens with one attached hydrogen (secondary N) is 3. The Morgan fingerprint density at radius 3 is 2.42 bits per heavy atom. The van der Waals surface area contributed by atoms with Gasteiger partial charge in [-0.1, -0.05) is 30.7 Å². The van der Waals surface area contributed by atoms with E-state index in [-0.39, 0.29) is 11.8 Å². The third-order valence-electron chi connectivity index (χ3n) is 7.02. The number of aromatic nitrogens is 2. The first-order valence-corrected chi connectivity index (χ1v) is 13.7. The largest absolute Gasteiger partial charge is 0.497 e. The van der Waals surface area contributed by atoms with Gasteiger partial charge in [-0.05, 0) is 81.2 Å². The average Bonchev–Trinajstić information content (AvgIpc) is 3.51. The molecule has 0 spiro atoms. The van der Waals surface area contributed by atoms with Crippen molar-refractivity contribution in [3.8, 4) is 5.75 Å². The number of H-pyrrole nitrogens is 1. The summed E-state index contributed by atoms with van der Waals surface area (Å²) in [5.41, 5.74) is 2.15. The molecule has 5 rings (SSSR count). The van der Waals surface area contributed by atoms with Crippen LogP contribution < -0.4 is 15.4 Å². The number of aromatic amines is 1. The number of ether oxygens (including phenoxy) is 1. The molecule has 38 heavy (non-hydrogen) atoms. The number of thiophene rings is 1. The molecule has 2 aromatic heterocycles. The van der Waals surface area contributed by atoms with Gasteiger partial charge >= 0.3 is 0 Å². The van der Waals surface area contributed by atoms with E-state index in [0.29, 0.717) is 26.5 Å². The molecule has 0 unspecified atom stereocenters. The van der Waals surface area contributed by atoms with E-state index in [2.05, 4.69) is 25.7 Å². The van der Waals surface area contributed by atoms with Crippen LogP contribution in [0.1, 0.15) is 64.3 Å². The van der Waals surface area contributed by atoms with Gasteiger partial charge in [-0.2, -0.15) is 5.10 Å². The highest BCUT2D eigenvalue weighted by Gasteiger charge is 2.25. The highest BCUT2D eigenvalue weighted by molar-refractivity contribution is 7.20. The zero-order valence-corrected chi connectivity index (χ0v) is 22.8. The number of methoxy groups -OCH3 is 1. The van der Waals surface area contributed by atoms with Crippen molar-refractivity contribution in [3.05, 3.63) is 76.2 Å². The molecule has 2 amide bonds. The molecular weight excluding hydrogens is 498 g/mol. The molecule has 3 N–H and O–H groups in total. The van der Waals surface area contributed by atoms with Gasteiger partial charge < -0.3 is 15.4 Å². The minimum Gasteiger partial charge on any atom is -0.497 e. The van der Waals surface area contributed by atoms with Crippen molar-refractivity contribution in [2.75, 3.05) is 25.5 Å². The van der Waals surface area contributed by atoms with Gasteiger partial charge in [0.1, 0.15) is 16.4 Å². The summed E-state index contributed by atoms with van der Waals surface area (Å²) in [5, 5.41) is 13.9.